The lowest BCUT2D eigenvalue weighted by Crippen LogP contribution is -1.98. The van der Waals surface area contributed by atoms with Crippen LogP contribution >= 0.6 is 15.9 Å². The van der Waals surface area contributed by atoms with Gasteiger partial charge in [-0.1, -0.05) is 0 Å². The number of halogens is 1. The molecular weight excluding hydrogens is 308 g/mol. The van der Waals surface area contributed by atoms with Gasteiger partial charge in [0.15, 0.2) is 0 Å². The molecule has 3 heterocycles. The van der Waals surface area contributed by atoms with Gasteiger partial charge < -0.3 is 9.15 Å². The zero-order chi connectivity index (χ0) is 13.2. The SMILES string of the molecule is COc1ccc2c(Br)nc(CCc3ccco3)n2c1. The number of imidazole rings is 1. The molecule has 5 heteroatoms. The molecule has 19 heavy (non-hydrogen) atoms. The highest BCUT2D eigenvalue weighted by atomic mass is 79.9. The molecule has 3 rings (SSSR count). The Hall–Kier alpha value is -1.75. The van der Waals surface area contributed by atoms with Gasteiger partial charge >= 0.3 is 0 Å². The fourth-order valence-corrected chi connectivity index (χ4v) is 2.60. The number of hydrogen-bond donors (Lipinski definition) is 0. The lowest BCUT2D eigenvalue weighted by Gasteiger charge is -2.03. The molecule has 0 saturated heterocycles. The van der Waals surface area contributed by atoms with E-state index in [0.717, 1.165) is 40.3 Å². The molecule has 0 radical (unpaired) electrons. The molecular formula is C14H13BrN2O2. The van der Waals surface area contributed by atoms with E-state index in [1.807, 2.05) is 34.9 Å². The monoisotopic (exact) mass is 320 g/mol. The molecule has 0 aromatic carbocycles. The molecule has 0 saturated carbocycles. The number of aromatic nitrogens is 2. The largest absolute Gasteiger partial charge is 0.495 e. The molecule has 4 nitrogen and oxygen atoms in total. The highest BCUT2D eigenvalue weighted by Gasteiger charge is 2.10. The van der Waals surface area contributed by atoms with Gasteiger partial charge in [0.1, 0.15) is 21.9 Å². The molecule has 0 N–H and O–H groups in total. The lowest BCUT2D eigenvalue weighted by molar-refractivity contribution is 0.412. The van der Waals surface area contributed by atoms with Crippen molar-refractivity contribution in [2.75, 3.05) is 7.11 Å². The first-order valence-corrected chi connectivity index (χ1v) is 6.80. The number of rotatable bonds is 4. The fraction of sp³-hybridized carbons (Fsp3) is 0.214. The second-order valence-electron chi connectivity index (χ2n) is 4.22. The molecule has 3 aromatic rings. The first-order valence-electron chi connectivity index (χ1n) is 6.01. The standard InChI is InChI=1S/C14H13BrN2O2/c1-18-11-4-6-12-14(15)16-13(17(12)9-11)7-5-10-3-2-8-19-10/h2-4,6,8-9H,5,7H2,1H3. The minimum absolute atomic E-state index is 0.813. The van der Waals surface area contributed by atoms with E-state index in [-0.39, 0.29) is 0 Å². The van der Waals surface area contributed by atoms with Gasteiger partial charge in [-0.3, -0.25) is 4.40 Å². The Morgan fingerprint density at radius 3 is 2.95 bits per heavy atom. The molecule has 0 fully saturated rings. The molecule has 0 atom stereocenters. The predicted molar refractivity (Wildman–Crippen MR) is 75.6 cm³/mol. The summed E-state index contributed by atoms with van der Waals surface area (Å²) in [6.07, 6.45) is 5.28. The molecule has 0 spiro atoms. The third-order valence-electron chi connectivity index (χ3n) is 3.05. The number of nitrogens with zero attached hydrogens (tertiary/aromatic N) is 2. The van der Waals surface area contributed by atoms with Gasteiger partial charge in [0.2, 0.25) is 0 Å². The van der Waals surface area contributed by atoms with E-state index in [1.165, 1.54) is 0 Å². The summed E-state index contributed by atoms with van der Waals surface area (Å²) in [5.74, 6) is 2.77. The van der Waals surface area contributed by atoms with Crippen molar-refractivity contribution in [2.24, 2.45) is 0 Å². The van der Waals surface area contributed by atoms with Crippen LogP contribution in [0, 0.1) is 0 Å². The Bertz CT molecular complexity index is 689. The summed E-state index contributed by atoms with van der Waals surface area (Å²) in [7, 11) is 1.66. The van der Waals surface area contributed by atoms with Crippen molar-refractivity contribution >= 4 is 21.4 Å². The van der Waals surface area contributed by atoms with Crippen LogP contribution in [0.15, 0.2) is 45.7 Å². The van der Waals surface area contributed by atoms with Crippen LogP contribution in [-0.4, -0.2) is 16.5 Å². The molecule has 0 aliphatic heterocycles. The highest BCUT2D eigenvalue weighted by molar-refractivity contribution is 9.10. The third kappa shape index (κ3) is 2.38. The lowest BCUT2D eigenvalue weighted by atomic mass is 10.2. The summed E-state index contributed by atoms with van der Waals surface area (Å²) in [5, 5.41) is 0. The first kappa shape index (κ1) is 12.3. The van der Waals surface area contributed by atoms with Crippen LogP contribution in [-0.2, 0) is 12.8 Å². The topological polar surface area (TPSA) is 39.7 Å². The van der Waals surface area contributed by atoms with Crippen LogP contribution in [0.5, 0.6) is 5.75 Å². The summed E-state index contributed by atoms with van der Waals surface area (Å²) in [6, 6.07) is 7.80. The average Bonchev–Trinajstić information content (AvgIpc) is 3.05. The fourth-order valence-electron chi connectivity index (χ4n) is 2.07. The minimum atomic E-state index is 0.813. The molecule has 0 amide bonds. The molecule has 3 aromatic heterocycles. The number of ether oxygens (including phenoxy) is 1. The van der Waals surface area contributed by atoms with E-state index in [4.69, 9.17) is 9.15 Å². The van der Waals surface area contributed by atoms with E-state index >= 15 is 0 Å². The Labute approximate surface area is 119 Å². The summed E-state index contributed by atoms with van der Waals surface area (Å²) in [6.45, 7) is 0. The van der Waals surface area contributed by atoms with E-state index in [1.54, 1.807) is 13.4 Å². The maximum absolute atomic E-state index is 5.35. The maximum atomic E-state index is 5.35. The van der Waals surface area contributed by atoms with Crippen LogP contribution in [0.2, 0.25) is 0 Å². The second kappa shape index (κ2) is 5.09. The van der Waals surface area contributed by atoms with Gasteiger partial charge in [-0.15, -0.1) is 0 Å². The van der Waals surface area contributed by atoms with Crippen molar-refractivity contribution in [1.29, 1.82) is 0 Å². The van der Waals surface area contributed by atoms with Gasteiger partial charge in [-0.2, -0.15) is 0 Å². The molecule has 0 unspecified atom stereocenters. The summed E-state index contributed by atoms with van der Waals surface area (Å²) in [5.41, 5.74) is 1.04. The van der Waals surface area contributed by atoms with E-state index in [2.05, 4.69) is 20.9 Å². The van der Waals surface area contributed by atoms with Crippen molar-refractivity contribution < 1.29 is 9.15 Å². The van der Waals surface area contributed by atoms with Crippen LogP contribution in [0.4, 0.5) is 0 Å². The van der Waals surface area contributed by atoms with Crippen molar-refractivity contribution in [1.82, 2.24) is 9.38 Å². The number of methoxy groups -OCH3 is 1. The maximum Gasteiger partial charge on any atom is 0.135 e. The Balaban J connectivity index is 1.93. The van der Waals surface area contributed by atoms with Gasteiger partial charge in [0, 0.05) is 12.8 Å². The first-order chi connectivity index (χ1) is 9.28. The summed E-state index contributed by atoms with van der Waals surface area (Å²) < 4.78 is 13.5. The van der Waals surface area contributed by atoms with Crippen LogP contribution in [0.1, 0.15) is 11.6 Å². The number of furan rings is 1. The average molecular weight is 321 g/mol. The van der Waals surface area contributed by atoms with Crippen molar-refractivity contribution in [3.05, 3.63) is 52.9 Å². The molecule has 0 aliphatic carbocycles. The van der Waals surface area contributed by atoms with Gasteiger partial charge in [0.05, 0.1) is 25.1 Å². The predicted octanol–water partition coefficient (Wildman–Crippen LogP) is 3.48. The molecule has 0 aliphatic rings. The number of fused-ring (bicyclic) bond motifs is 1. The Morgan fingerprint density at radius 1 is 1.32 bits per heavy atom. The van der Waals surface area contributed by atoms with E-state index in [9.17, 15) is 0 Å². The Kier molecular flexibility index (Phi) is 3.29. The van der Waals surface area contributed by atoms with Crippen LogP contribution in [0.3, 0.4) is 0 Å². The zero-order valence-electron chi connectivity index (χ0n) is 10.5. The number of aryl methyl sites for hydroxylation is 2. The van der Waals surface area contributed by atoms with Crippen molar-refractivity contribution in [3.8, 4) is 5.75 Å². The third-order valence-corrected chi connectivity index (χ3v) is 3.63. The summed E-state index contributed by atoms with van der Waals surface area (Å²) in [4.78, 5) is 4.55. The van der Waals surface area contributed by atoms with Crippen LogP contribution in [0.25, 0.3) is 5.52 Å². The van der Waals surface area contributed by atoms with Gasteiger partial charge in [-0.05, 0) is 40.2 Å². The number of hydrogen-bond acceptors (Lipinski definition) is 3. The van der Waals surface area contributed by atoms with Crippen LogP contribution < -0.4 is 4.74 Å². The summed E-state index contributed by atoms with van der Waals surface area (Å²) >= 11 is 3.49. The van der Waals surface area contributed by atoms with E-state index in [0.29, 0.717) is 0 Å². The second-order valence-corrected chi connectivity index (χ2v) is 4.97. The van der Waals surface area contributed by atoms with Gasteiger partial charge in [-0.25, -0.2) is 4.98 Å². The minimum Gasteiger partial charge on any atom is -0.495 e. The highest BCUT2D eigenvalue weighted by Crippen LogP contribution is 2.23. The van der Waals surface area contributed by atoms with Crippen molar-refractivity contribution in [3.63, 3.8) is 0 Å². The Morgan fingerprint density at radius 2 is 2.21 bits per heavy atom. The zero-order valence-corrected chi connectivity index (χ0v) is 12.1. The normalized spacial score (nSPS) is 11.1. The molecule has 98 valence electrons. The van der Waals surface area contributed by atoms with Crippen molar-refractivity contribution in [2.45, 2.75) is 12.8 Å². The van der Waals surface area contributed by atoms with Gasteiger partial charge in [0.25, 0.3) is 0 Å². The number of pyridine rings is 1. The van der Waals surface area contributed by atoms with E-state index < -0.39 is 0 Å². The smallest absolute Gasteiger partial charge is 0.135 e. The quantitative estimate of drug-likeness (QED) is 0.738. The molecule has 0 bridgehead atoms.